The molecule has 0 aliphatic rings. The van der Waals surface area contributed by atoms with Crippen LogP contribution in [0.1, 0.15) is 35.7 Å². The van der Waals surface area contributed by atoms with Gasteiger partial charge in [-0.25, -0.2) is 0 Å². The van der Waals surface area contributed by atoms with Crippen molar-refractivity contribution in [2.45, 2.75) is 26.2 Å². The first kappa shape index (κ1) is 15.8. The van der Waals surface area contributed by atoms with Crippen LogP contribution in [0.2, 0.25) is 0 Å². The molecule has 0 fully saturated rings. The Bertz CT molecular complexity index is 623. The lowest BCUT2D eigenvalue weighted by Crippen LogP contribution is -2.12. The van der Waals surface area contributed by atoms with Crippen LogP contribution in [0.25, 0.3) is 0 Å². The summed E-state index contributed by atoms with van der Waals surface area (Å²) in [5.74, 6) is -0.306. The molecule has 0 bridgehead atoms. The fraction of sp³-hybridized carbons (Fsp3) is 0.235. The lowest BCUT2D eigenvalue weighted by Gasteiger charge is -2.08. The lowest BCUT2D eigenvalue weighted by molar-refractivity contribution is 0.102. The Morgan fingerprint density at radius 1 is 1.19 bits per heavy atom. The summed E-state index contributed by atoms with van der Waals surface area (Å²) < 4.78 is 0.908. The molecule has 0 aliphatic carbocycles. The van der Waals surface area contributed by atoms with Gasteiger partial charge in [0, 0.05) is 9.26 Å². The van der Waals surface area contributed by atoms with Gasteiger partial charge in [0.2, 0.25) is 0 Å². The Morgan fingerprint density at radius 2 is 1.90 bits per heavy atom. The maximum atomic E-state index is 12.2. The molecule has 2 N–H and O–H groups in total. The zero-order valence-corrected chi connectivity index (χ0v) is 14.1. The molecule has 0 saturated carbocycles. The van der Waals surface area contributed by atoms with Gasteiger partial charge in [0.15, 0.2) is 0 Å². The SMILES string of the molecule is CCCCc1ccc(NC(=O)c2cc(I)ccc2O)cc1. The summed E-state index contributed by atoms with van der Waals surface area (Å²) in [5, 5.41) is 12.6. The fourth-order valence-electron chi connectivity index (χ4n) is 2.02. The number of hydrogen-bond donors (Lipinski definition) is 2. The summed E-state index contributed by atoms with van der Waals surface area (Å²) >= 11 is 2.11. The second-order valence-electron chi connectivity index (χ2n) is 4.92. The highest BCUT2D eigenvalue weighted by atomic mass is 127. The van der Waals surface area contributed by atoms with Crippen LogP contribution >= 0.6 is 22.6 Å². The highest BCUT2D eigenvalue weighted by Crippen LogP contribution is 2.21. The standard InChI is InChI=1S/C17H18INO2/c1-2-3-4-12-5-8-14(9-6-12)19-17(21)15-11-13(18)7-10-16(15)20/h5-11,20H,2-4H2,1H3,(H,19,21). The quantitative estimate of drug-likeness (QED) is 0.728. The molecular weight excluding hydrogens is 377 g/mol. The molecule has 0 heterocycles. The molecule has 3 nitrogen and oxygen atoms in total. The molecule has 0 aliphatic heterocycles. The van der Waals surface area contributed by atoms with E-state index in [1.807, 2.05) is 24.3 Å². The van der Waals surface area contributed by atoms with Crippen molar-refractivity contribution in [2.24, 2.45) is 0 Å². The van der Waals surface area contributed by atoms with Crippen molar-refractivity contribution in [3.63, 3.8) is 0 Å². The van der Waals surface area contributed by atoms with E-state index in [9.17, 15) is 9.90 Å². The average Bonchev–Trinajstić information content (AvgIpc) is 2.49. The Balaban J connectivity index is 2.07. The fourth-order valence-corrected chi connectivity index (χ4v) is 2.52. The number of phenols is 1. The van der Waals surface area contributed by atoms with Gasteiger partial charge in [-0.3, -0.25) is 4.79 Å². The van der Waals surface area contributed by atoms with Gasteiger partial charge in [-0.1, -0.05) is 25.5 Å². The van der Waals surface area contributed by atoms with Crippen LogP contribution in [0.4, 0.5) is 5.69 Å². The molecular formula is C17H18INO2. The highest BCUT2D eigenvalue weighted by molar-refractivity contribution is 14.1. The first-order chi connectivity index (χ1) is 10.1. The molecule has 0 aromatic heterocycles. The van der Waals surface area contributed by atoms with Gasteiger partial charge in [-0.05, 0) is 71.3 Å². The van der Waals surface area contributed by atoms with E-state index >= 15 is 0 Å². The summed E-state index contributed by atoms with van der Waals surface area (Å²) in [6.45, 7) is 2.17. The third-order valence-corrected chi connectivity index (χ3v) is 3.91. The van der Waals surface area contributed by atoms with E-state index in [0.717, 1.165) is 15.7 Å². The number of rotatable bonds is 5. The number of halogens is 1. The third kappa shape index (κ3) is 4.46. The minimum atomic E-state index is -0.299. The molecule has 0 unspecified atom stereocenters. The first-order valence-corrected chi connectivity index (χ1v) is 8.07. The Kier molecular flexibility index (Phi) is 5.61. The Hall–Kier alpha value is -1.56. The second-order valence-corrected chi connectivity index (χ2v) is 6.16. The van der Waals surface area contributed by atoms with Gasteiger partial charge < -0.3 is 10.4 Å². The van der Waals surface area contributed by atoms with Crippen molar-refractivity contribution >= 4 is 34.2 Å². The molecule has 0 saturated heterocycles. The number of anilines is 1. The zero-order chi connectivity index (χ0) is 15.2. The number of benzene rings is 2. The van der Waals surface area contributed by atoms with Gasteiger partial charge in [0.05, 0.1) is 5.56 Å². The lowest BCUT2D eigenvalue weighted by atomic mass is 10.1. The van der Waals surface area contributed by atoms with Gasteiger partial charge in [0.25, 0.3) is 5.91 Å². The van der Waals surface area contributed by atoms with Crippen LogP contribution in [-0.4, -0.2) is 11.0 Å². The molecule has 2 aromatic rings. The number of aryl methyl sites for hydroxylation is 1. The maximum Gasteiger partial charge on any atom is 0.259 e. The van der Waals surface area contributed by atoms with E-state index in [1.54, 1.807) is 12.1 Å². The van der Waals surface area contributed by atoms with Crippen LogP contribution in [0.15, 0.2) is 42.5 Å². The summed E-state index contributed by atoms with van der Waals surface area (Å²) in [6, 6.07) is 12.8. The van der Waals surface area contributed by atoms with Crippen molar-refractivity contribution in [2.75, 3.05) is 5.32 Å². The molecule has 0 atom stereocenters. The van der Waals surface area contributed by atoms with E-state index in [4.69, 9.17) is 0 Å². The Morgan fingerprint density at radius 3 is 2.57 bits per heavy atom. The van der Waals surface area contributed by atoms with E-state index in [1.165, 1.54) is 24.5 Å². The van der Waals surface area contributed by atoms with Gasteiger partial charge >= 0.3 is 0 Å². The van der Waals surface area contributed by atoms with Crippen LogP contribution < -0.4 is 5.32 Å². The highest BCUT2D eigenvalue weighted by Gasteiger charge is 2.11. The third-order valence-electron chi connectivity index (χ3n) is 3.23. The molecule has 110 valence electrons. The van der Waals surface area contributed by atoms with E-state index in [-0.39, 0.29) is 17.2 Å². The number of carbonyl (C=O) groups is 1. The number of hydrogen-bond acceptors (Lipinski definition) is 2. The van der Waals surface area contributed by atoms with E-state index in [0.29, 0.717) is 0 Å². The van der Waals surface area contributed by atoms with E-state index < -0.39 is 0 Å². The Labute approximate surface area is 138 Å². The molecule has 2 aromatic carbocycles. The van der Waals surface area contributed by atoms with E-state index in [2.05, 4.69) is 34.8 Å². The minimum absolute atomic E-state index is 0.00696. The molecule has 4 heteroatoms. The molecule has 0 radical (unpaired) electrons. The van der Waals surface area contributed by atoms with Crippen molar-refractivity contribution in [1.82, 2.24) is 0 Å². The molecule has 21 heavy (non-hydrogen) atoms. The molecule has 0 spiro atoms. The van der Waals surface area contributed by atoms with Crippen molar-refractivity contribution in [3.8, 4) is 5.75 Å². The van der Waals surface area contributed by atoms with Gasteiger partial charge in [-0.15, -0.1) is 0 Å². The van der Waals surface area contributed by atoms with Gasteiger partial charge in [0.1, 0.15) is 5.75 Å². The zero-order valence-electron chi connectivity index (χ0n) is 11.9. The first-order valence-electron chi connectivity index (χ1n) is 6.99. The number of carbonyl (C=O) groups excluding carboxylic acids is 1. The smallest absolute Gasteiger partial charge is 0.259 e. The number of nitrogens with one attached hydrogen (secondary N) is 1. The predicted octanol–water partition coefficient (Wildman–Crippen LogP) is 4.59. The monoisotopic (exact) mass is 395 g/mol. The number of phenolic OH excluding ortho intramolecular Hbond substituents is 1. The second kappa shape index (κ2) is 7.45. The maximum absolute atomic E-state index is 12.2. The van der Waals surface area contributed by atoms with Gasteiger partial charge in [-0.2, -0.15) is 0 Å². The normalized spacial score (nSPS) is 10.4. The van der Waals surface area contributed by atoms with Crippen molar-refractivity contribution in [1.29, 1.82) is 0 Å². The largest absolute Gasteiger partial charge is 0.507 e. The van der Waals surface area contributed by atoms with Crippen LogP contribution in [-0.2, 0) is 6.42 Å². The predicted molar refractivity (Wildman–Crippen MR) is 93.8 cm³/mol. The number of aromatic hydroxyl groups is 1. The van der Waals surface area contributed by atoms with Crippen LogP contribution in [0.3, 0.4) is 0 Å². The summed E-state index contributed by atoms with van der Waals surface area (Å²) in [5.41, 5.74) is 2.29. The minimum Gasteiger partial charge on any atom is -0.507 e. The van der Waals surface area contributed by atoms with Crippen LogP contribution in [0.5, 0.6) is 5.75 Å². The molecule has 2 rings (SSSR count). The number of amides is 1. The molecule has 1 amide bonds. The summed E-state index contributed by atoms with van der Waals surface area (Å²) in [4.78, 5) is 12.2. The van der Waals surface area contributed by atoms with Crippen molar-refractivity contribution < 1.29 is 9.90 Å². The summed E-state index contributed by atoms with van der Waals surface area (Å²) in [7, 11) is 0. The van der Waals surface area contributed by atoms with Crippen molar-refractivity contribution in [3.05, 3.63) is 57.2 Å². The topological polar surface area (TPSA) is 49.3 Å². The number of unbranched alkanes of at least 4 members (excludes halogenated alkanes) is 1. The average molecular weight is 395 g/mol. The van der Waals surface area contributed by atoms with Crippen LogP contribution in [0, 0.1) is 3.57 Å². The summed E-state index contributed by atoms with van der Waals surface area (Å²) in [6.07, 6.45) is 3.40.